The molecule has 24 heavy (non-hydrogen) atoms. The normalized spacial score (nSPS) is 16.8. The highest BCUT2D eigenvalue weighted by molar-refractivity contribution is 6.31. The van der Waals surface area contributed by atoms with Crippen molar-refractivity contribution in [3.05, 3.63) is 58.7 Å². The van der Waals surface area contributed by atoms with Crippen molar-refractivity contribution < 1.29 is 4.42 Å². The van der Waals surface area contributed by atoms with Crippen LogP contribution in [0.2, 0.25) is 5.02 Å². The fourth-order valence-electron chi connectivity index (χ4n) is 3.36. The summed E-state index contributed by atoms with van der Waals surface area (Å²) >= 11 is 6.21. The monoisotopic (exact) mass is 341 g/mol. The Hall–Kier alpha value is -1.91. The first-order chi connectivity index (χ1) is 11.7. The smallest absolute Gasteiger partial charge is 0.198 e. The SMILES string of the molecule is Cc1cccc2nc(C3CCN(Cc4ncccc4Cl)CC3)oc12. The molecule has 3 aromatic rings. The first-order valence-corrected chi connectivity index (χ1v) is 8.76. The molecule has 0 radical (unpaired) electrons. The van der Waals surface area contributed by atoms with Gasteiger partial charge in [0.1, 0.15) is 5.52 Å². The Labute approximate surface area is 146 Å². The van der Waals surface area contributed by atoms with E-state index in [0.29, 0.717) is 5.92 Å². The summed E-state index contributed by atoms with van der Waals surface area (Å²) in [5.74, 6) is 1.28. The molecule has 0 N–H and O–H groups in total. The van der Waals surface area contributed by atoms with E-state index in [1.807, 2.05) is 24.3 Å². The molecule has 1 aliphatic rings. The summed E-state index contributed by atoms with van der Waals surface area (Å²) in [7, 11) is 0. The van der Waals surface area contributed by atoms with Crippen LogP contribution in [0.5, 0.6) is 0 Å². The Kier molecular flexibility index (Phi) is 4.25. The maximum atomic E-state index is 6.21. The fraction of sp³-hybridized carbons (Fsp3) is 0.368. The molecular weight excluding hydrogens is 322 g/mol. The number of para-hydroxylation sites is 1. The van der Waals surface area contributed by atoms with Crippen molar-refractivity contribution >= 4 is 22.7 Å². The Morgan fingerprint density at radius 3 is 2.79 bits per heavy atom. The van der Waals surface area contributed by atoms with Crippen LogP contribution in [0, 0.1) is 6.92 Å². The summed E-state index contributed by atoms with van der Waals surface area (Å²) < 4.78 is 6.05. The molecule has 0 aliphatic carbocycles. The molecule has 2 aromatic heterocycles. The second-order valence-corrected chi connectivity index (χ2v) is 6.86. The third kappa shape index (κ3) is 3.04. The number of rotatable bonds is 3. The molecule has 0 bridgehead atoms. The Morgan fingerprint density at radius 2 is 2.04 bits per heavy atom. The number of hydrogen-bond donors (Lipinski definition) is 0. The van der Waals surface area contributed by atoms with Gasteiger partial charge in [0, 0.05) is 18.7 Å². The summed E-state index contributed by atoms with van der Waals surface area (Å²) in [5.41, 5.74) is 3.99. The number of piperidine rings is 1. The average Bonchev–Trinajstić information content (AvgIpc) is 3.03. The van der Waals surface area contributed by atoms with Crippen LogP contribution < -0.4 is 0 Å². The lowest BCUT2D eigenvalue weighted by Gasteiger charge is -2.30. The quantitative estimate of drug-likeness (QED) is 0.700. The van der Waals surface area contributed by atoms with Crippen LogP contribution in [-0.2, 0) is 6.54 Å². The van der Waals surface area contributed by atoms with Crippen LogP contribution in [0.25, 0.3) is 11.1 Å². The van der Waals surface area contributed by atoms with E-state index >= 15 is 0 Å². The van der Waals surface area contributed by atoms with Crippen molar-refractivity contribution in [3.63, 3.8) is 0 Å². The number of pyridine rings is 1. The number of hydrogen-bond acceptors (Lipinski definition) is 4. The van der Waals surface area contributed by atoms with Gasteiger partial charge in [-0.25, -0.2) is 4.98 Å². The second-order valence-electron chi connectivity index (χ2n) is 6.46. The van der Waals surface area contributed by atoms with Gasteiger partial charge in [-0.05, 0) is 56.6 Å². The van der Waals surface area contributed by atoms with Gasteiger partial charge in [-0.15, -0.1) is 0 Å². The maximum Gasteiger partial charge on any atom is 0.198 e. The first kappa shape index (κ1) is 15.6. The molecule has 1 fully saturated rings. The minimum absolute atomic E-state index is 0.396. The molecule has 0 amide bonds. The van der Waals surface area contributed by atoms with E-state index in [4.69, 9.17) is 21.0 Å². The van der Waals surface area contributed by atoms with Gasteiger partial charge in [0.05, 0.1) is 10.7 Å². The molecule has 4 nitrogen and oxygen atoms in total. The van der Waals surface area contributed by atoms with Gasteiger partial charge in [0.15, 0.2) is 11.5 Å². The van der Waals surface area contributed by atoms with E-state index in [-0.39, 0.29) is 0 Å². The van der Waals surface area contributed by atoms with E-state index in [1.54, 1.807) is 6.20 Å². The predicted molar refractivity (Wildman–Crippen MR) is 95.2 cm³/mol. The minimum atomic E-state index is 0.396. The standard InChI is InChI=1S/C19H20ClN3O/c1-13-4-2-6-16-18(13)24-19(22-16)14-7-10-23(11-8-14)12-17-15(20)5-3-9-21-17/h2-6,9,14H,7-8,10-12H2,1H3. The molecule has 0 spiro atoms. The van der Waals surface area contributed by atoms with Crippen LogP contribution in [-0.4, -0.2) is 28.0 Å². The Bertz CT molecular complexity index is 853. The molecule has 1 aliphatic heterocycles. The molecule has 0 atom stereocenters. The zero-order chi connectivity index (χ0) is 16.5. The van der Waals surface area contributed by atoms with E-state index in [1.165, 1.54) is 0 Å². The van der Waals surface area contributed by atoms with Crippen molar-refractivity contribution in [2.45, 2.75) is 32.2 Å². The van der Waals surface area contributed by atoms with Crippen molar-refractivity contribution in [1.82, 2.24) is 14.9 Å². The zero-order valence-electron chi connectivity index (χ0n) is 13.7. The summed E-state index contributed by atoms with van der Waals surface area (Å²) in [4.78, 5) is 11.5. The second kappa shape index (κ2) is 6.54. The van der Waals surface area contributed by atoms with Crippen molar-refractivity contribution in [3.8, 4) is 0 Å². The summed E-state index contributed by atoms with van der Waals surface area (Å²) in [5, 5.41) is 0.744. The number of oxazole rings is 1. The van der Waals surface area contributed by atoms with Crippen LogP contribution >= 0.6 is 11.6 Å². The largest absolute Gasteiger partial charge is 0.440 e. The summed E-state index contributed by atoms with van der Waals surface area (Å²) in [6.07, 6.45) is 3.90. The molecule has 124 valence electrons. The molecule has 5 heteroatoms. The van der Waals surface area contributed by atoms with Crippen LogP contribution in [0.15, 0.2) is 40.9 Å². The third-order valence-corrected chi connectivity index (χ3v) is 5.12. The molecular formula is C19H20ClN3O. The molecule has 1 saturated heterocycles. The van der Waals surface area contributed by atoms with Crippen LogP contribution in [0.1, 0.15) is 35.9 Å². The Balaban J connectivity index is 1.44. The molecule has 1 aromatic carbocycles. The minimum Gasteiger partial charge on any atom is -0.440 e. The lowest BCUT2D eigenvalue weighted by molar-refractivity contribution is 0.192. The van der Waals surface area contributed by atoms with Crippen molar-refractivity contribution in [1.29, 1.82) is 0 Å². The number of halogens is 1. The van der Waals surface area contributed by atoms with Gasteiger partial charge in [0.2, 0.25) is 0 Å². The van der Waals surface area contributed by atoms with E-state index in [9.17, 15) is 0 Å². The van der Waals surface area contributed by atoms with Gasteiger partial charge < -0.3 is 4.42 Å². The zero-order valence-corrected chi connectivity index (χ0v) is 14.5. The number of aryl methyl sites for hydroxylation is 1. The third-order valence-electron chi connectivity index (χ3n) is 4.77. The Morgan fingerprint density at radius 1 is 1.21 bits per heavy atom. The summed E-state index contributed by atoms with van der Waals surface area (Å²) in [6.45, 7) is 4.89. The fourth-order valence-corrected chi connectivity index (χ4v) is 3.54. The van der Waals surface area contributed by atoms with Gasteiger partial charge in [-0.3, -0.25) is 9.88 Å². The first-order valence-electron chi connectivity index (χ1n) is 8.38. The molecule has 3 heterocycles. The highest BCUT2D eigenvalue weighted by Crippen LogP contribution is 2.31. The number of nitrogens with zero attached hydrogens (tertiary/aromatic N) is 3. The maximum absolute atomic E-state index is 6.21. The van der Waals surface area contributed by atoms with Gasteiger partial charge >= 0.3 is 0 Å². The van der Waals surface area contributed by atoms with Gasteiger partial charge in [-0.1, -0.05) is 23.7 Å². The lowest BCUT2D eigenvalue weighted by atomic mass is 9.96. The van der Waals surface area contributed by atoms with E-state index in [0.717, 1.165) is 65.7 Å². The van der Waals surface area contributed by atoms with E-state index in [2.05, 4.69) is 22.9 Å². The highest BCUT2D eigenvalue weighted by Gasteiger charge is 2.25. The van der Waals surface area contributed by atoms with E-state index < -0.39 is 0 Å². The van der Waals surface area contributed by atoms with Crippen LogP contribution in [0.4, 0.5) is 0 Å². The predicted octanol–water partition coefficient (Wildman–Crippen LogP) is 4.56. The number of likely N-dealkylation sites (tertiary alicyclic amines) is 1. The highest BCUT2D eigenvalue weighted by atomic mass is 35.5. The molecule has 4 rings (SSSR count). The van der Waals surface area contributed by atoms with Gasteiger partial charge in [0.25, 0.3) is 0 Å². The summed E-state index contributed by atoms with van der Waals surface area (Å²) in [6, 6.07) is 9.89. The molecule has 0 unspecified atom stereocenters. The van der Waals surface area contributed by atoms with Crippen molar-refractivity contribution in [2.24, 2.45) is 0 Å². The number of aromatic nitrogens is 2. The van der Waals surface area contributed by atoms with Crippen LogP contribution in [0.3, 0.4) is 0 Å². The lowest BCUT2D eigenvalue weighted by Crippen LogP contribution is -2.32. The number of fused-ring (bicyclic) bond motifs is 1. The molecule has 0 saturated carbocycles. The van der Waals surface area contributed by atoms with Gasteiger partial charge in [-0.2, -0.15) is 0 Å². The average molecular weight is 342 g/mol. The van der Waals surface area contributed by atoms with Crippen molar-refractivity contribution in [2.75, 3.05) is 13.1 Å². The topological polar surface area (TPSA) is 42.2 Å². The number of benzene rings is 1.